The molecule has 2 aromatic carbocycles. The van der Waals surface area contributed by atoms with Crippen LogP contribution in [0.5, 0.6) is 0 Å². The lowest BCUT2D eigenvalue weighted by Gasteiger charge is -2.07. The van der Waals surface area contributed by atoms with Crippen molar-refractivity contribution in [1.29, 1.82) is 0 Å². The monoisotopic (exact) mass is 313 g/mol. The molecular formula is C16H15N3O2S. The molecule has 0 unspecified atom stereocenters. The van der Waals surface area contributed by atoms with Gasteiger partial charge in [0, 0.05) is 18.9 Å². The van der Waals surface area contributed by atoms with Gasteiger partial charge in [-0.1, -0.05) is 30.3 Å². The van der Waals surface area contributed by atoms with E-state index in [-0.39, 0.29) is 11.4 Å². The normalized spacial score (nSPS) is 11.5. The Hall–Kier alpha value is -2.44. The van der Waals surface area contributed by atoms with Crippen molar-refractivity contribution in [2.45, 2.75) is 11.4 Å². The van der Waals surface area contributed by atoms with Crippen molar-refractivity contribution < 1.29 is 8.42 Å². The van der Waals surface area contributed by atoms with E-state index in [9.17, 15) is 8.42 Å². The maximum Gasteiger partial charge on any atom is 0.240 e. The van der Waals surface area contributed by atoms with Gasteiger partial charge in [0.1, 0.15) is 0 Å². The Bertz CT molecular complexity index is 827. The molecule has 112 valence electrons. The van der Waals surface area contributed by atoms with Gasteiger partial charge >= 0.3 is 0 Å². The van der Waals surface area contributed by atoms with Gasteiger partial charge in [-0.3, -0.25) is 0 Å². The van der Waals surface area contributed by atoms with Gasteiger partial charge in [-0.05, 0) is 35.9 Å². The van der Waals surface area contributed by atoms with Crippen LogP contribution in [-0.4, -0.2) is 18.2 Å². The molecule has 0 aliphatic rings. The number of hydrogen-bond acceptors (Lipinski definition) is 3. The van der Waals surface area contributed by atoms with Crippen molar-refractivity contribution in [3.05, 3.63) is 78.6 Å². The number of sulfonamides is 1. The third kappa shape index (κ3) is 3.24. The Morgan fingerprint density at radius 1 is 0.955 bits per heavy atom. The summed E-state index contributed by atoms with van der Waals surface area (Å²) in [5.41, 5.74) is 1.81. The van der Waals surface area contributed by atoms with Crippen LogP contribution in [0.3, 0.4) is 0 Å². The van der Waals surface area contributed by atoms with E-state index in [1.54, 1.807) is 41.2 Å². The molecule has 1 N–H and O–H groups in total. The number of rotatable bonds is 5. The molecule has 1 heterocycles. The molecule has 0 bridgehead atoms. The Morgan fingerprint density at radius 3 is 2.32 bits per heavy atom. The van der Waals surface area contributed by atoms with Crippen LogP contribution < -0.4 is 4.72 Å². The third-order valence-corrected chi connectivity index (χ3v) is 4.64. The summed E-state index contributed by atoms with van der Waals surface area (Å²) < 4.78 is 28.6. The Morgan fingerprint density at radius 2 is 1.68 bits per heavy atom. The lowest BCUT2D eigenvalue weighted by Crippen LogP contribution is -2.23. The predicted molar refractivity (Wildman–Crippen MR) is 84.0 cm³/mol. The van der Waals surface area contributed by atoms with Gasteiger partial charge in [-0.2, -0.15) is 5.10 Å². The summed E-state index contributed by atoms with van der Waals surface area (Å²) in [4.78, 5) is 0.267. The molecule has 5 nitrogen and oxygen atoms in total. The Balaban J connectivity index is 1.69. The van der Waals surface area contributed by atoms with Crippen LogP contribution in [0.1, 0.15) is 5.56 Å². The highest BCUT2D eigenvalue weighted by molar-refractivity contribution is 7.89. The first-order chi connectivity index (χ1) is 10.6. The topological polar surface area (TPSA) is 64.0 Å². The summed E-state index contributed by atoms with van der Waals surface area (Å²) in [5, 5.41) is 4.15. The fourth-order valence-corrected chi connectivity index (χ4v) is 3.09. The molecule has 0 atom stereocenters. The van der Waals surface area contributed by atoms with Gasteiger partial charge in [-0.25, -0.2) is 17.8 Å². The summed E-state index contributed by atoms with van der Waals surface area (Å²) in [6.07, 6.45) is 3.56. The molecule has 0 spiro atoms. The zero-order chi connectivity index (χ0) is 15.4. The zero-order valence-electron chi connectivity index (χ0n) is 11.8. The second-order valence-corrected chi connectivity index (χ2v) is 6.52. The molecule has 0 aliphatic carbocycles. The van der Waals surface area contributed by atoms with Gasteiger partial charge in [0.2, 0.25) is 10.0 Å². The van der Waals surface area contributed by atoms with E-state index in [4.69, 9.17) is 0 Å². The van der Waals surface area contributed by atoms with E-state index in [1.807, 2.05) is 36.5 Å². The lowest BCUT2D eigenvalue weighted by molar-refractivity contribution is 0.581. The minimum absolute atomic E-state index is 0.247. The van der Waals surface area contributed by atoms with Gasteiger partial charge in [0.25, 0.3) is 0 Å². The van der Waals surface area contributed by atoms with Crippen LogP contribution >= 0.6 is 0 Å². The van der Waals surface area contributed by atoms with Crippen molar-refractivity contribution in [2.24, 2.45) is 0 Å². The Labute approximate surface area is 129 Å². The van der Waals surface area contributed by atoms with Crippen LogP contribution in [0.15, 0.2) is 78.0 Å². The van der Waals surface area contributed by atoms with E-state index >= 15 is 0 Å². The number of aromatic nitrogens is 2. The summed E-state index contributed by atoms with van der Waals surface area (Å²) in [6, 6.07) is 17.7. The van der Waals surface area contributed by atoms with Crippen molar-refractivity contribution in [3.63, 3.8) is 0 Å². The van der Waals surface area contributed by atoms with Crippen LogP contribution in [0.4, 0.5) is 0 Å². The zero-order valence-corrected chi connectivity index (χ0v) is 12.6. The first-order valence-corrected chi connectivity index (χ1v) is 8.27. The van der Waals surface area contributed by atoms with Crippen LogP contribution in [0, 0.1) is 0 Å². The van der Waals surface area contributed by atoms with Gasteiger partial charge in [0.05, 0.1) is 10.6 Å². The molecule has 0 fully saturated rings. The first kappa shape index (κ1) is 14.5. The number of nitrogens with zero attached hydrogens (tertiary/aromatic N) is 2. The summed E-state index contributed by atoms with van der Waals surface area (Å²) in [6.45, 7) is 0.247. The molecule has 0 aliphatic heterocycles. The molecule has 0 saturated carbocycles. The van der Waals surface area contributed by atoms with E-state index in [1.165, 1.54) is 0 Å². The minimum atomic E-state index is -3.48. The van der Waals surface area contributed by atoms with E-state index in [0.717, 1.165) is 11.3 Å². The predicted octanol–water partition coefficient (Wildman–Crippen LogP) is 2.35. The van der Waals surface area contributed by atoms with Gasteiger partial charge in [-0.15, -0.1) is 0 Å². The highest BCUT2D eigenvalue weighted by atomic mass is 32.2. The molecule has 0 saturated heterocycles. The SMILES string of the molecule is O=S(=O)(NCc1ccc(-n2cccn2)cc1)c1ccccc1. The number of nitrogens with one attached hydrogen (secondary N) is 1. The second-order valence-electron chi connectivity index (χ2n) is 4.75. The van der Waals surface area contributed by atoms with Crippen molar-refractivity contribution >= 4 is 10.0 Å². The van der Waals surface area contributed by atoms with E-state index in [2.05, 4.69) is 9.82 Å². The van der Waals surface area contributed by atoms with Gasteiger partial charge < -0.3 is 0 Å². The lowest BCUT2D eigenvalue weighted by atomic mass is 10.2. The maximum atomic E-state index is 12.1. The average molecular weight is 313 g/mol. The highest BCUT2D eigenvalue weighted by Crippen LogP contribution is 2.11. The summed E-state index contributed by atoms with van der Waals surface area (Å²) in [5.74, 6) is 0. The van der Waals surface area contributed by atoms with Crippen LogP contribution in [0.2, 0.25) is 0 Å². The third-order valence-electron chi connectivity index (χ3n) is 3.23. The second kappa shape index (κ2) is 6.13. The molecule has 0 amide bonds. The molecule has 1 aromatic heterocycles. The first-order valence-electron chi connectivity index (χ1n) is 6.79. The van der Waals surface area contributed by atoms with Crippen molar-refractivity contribution in [1.82, 2.24) is 14.5 Å². The highest BCUT2D eigenvalue weighted by Gasteiger charge is 2.12. The largest absolute Gasteiger partial charge is 0.241 e. The molecule has 6 heteroatoms. The molecule has 3 aromatic rings. The standard InChI is InChI=1S/C16H15N3O2S/c20-22(21,16-5-2-1-3-6-16)18-13-14-7-9-15(10-8-14)19-12-4-11-17-19/h1-12,18H,13H2. The molecule has 22 heavy (non-hydrogen) atoms. The average Bonchev–Trinajstić information content (AvgIpc) is 3.09. The van der Waals surface area contributed by atoms with E-state index < -0.39 is 10.0 Å². The number of benzene rings is 2. The quantitative estimate of drug-likeness (QED) is 0.786. The minimum Gasteiger partial charge on any atom is -0.241 e. The van der Waals surface area contributed by atoms with Crippen LogP contribution in [-0.2, 0) is 16.6 Å². The maximum absolute atomic E-state index is 12.1. The smallest absolute Gasteiger partial charge is 0.240 e. The van der Waals surface area contributed by atoms with Crippen LogP contribution in [0.25, 0.3) is 5.69 Å². The fraction of sp³-hybridized carbons (Fsp3) is 0.0625. The van der Waals surface area contributed by atoms with Crippen molar-refractivity contribution in [2.75, 3.05) is 0 Å². The Kier molecular flexibility index (Phi) is 4.04. The molecule has 0 radical (unpaired) electrons. The molecular weight excluding hydrogens is 298 g/mol. The van der Waals surface area contributed by atoms with Gasteiger partial charge in [0.15, 0.2) is 0 Å². The van der Waals surface area contributed by atoms with E-state index in [0.29, 0.717) is 0 Å². The number of hydrogen-bond donors (Lipinski definition) is 1. The summed E-state index contributed by atoms with van der Waals surface area (Å²) >= 11 is 0. The summed E-state index contributed by atoms with van der Waals surface area (Å²) in [7, 11) is -3.48. The molecule has 3 rings (SSSR count). The van der Waals surface area contributed by atoms with Crippen molar-refractivity contribution in [3.8, 4) is 5.69 Å². The fourth-order valence-electron chi connectivity index (χ4n) is 2.05.